The van der Waals surface area contributed by atoms with Crippen molar-refractivity contribution in [3.05, 3.63) is 12.3 Å². The lowest BCUT2D eigenvalue weighted by Crippen LogP contribution is -2.46. The Kier molecular flexibility index (Phi) is 6.78. The molecule has 0 spiro atoms. The van der Waals surface area contributed by atoms with Crippen molar-refractivity contribution in [1.82, 2.24) is 0 Å². The lowest BCUT2D eigenvalue weighted by atomic mass is 10.2. The lowest BCUT2D eigenvalue weighted by molar-refractivity contribution is 0.0467. The van der Waals surface area contributed by atoms with Crippen LogP contribution in [0.15, 0.2) is 12.3 Å². The van der Waals surface area contributed by atoms with E-state index in [2.05, 4.69) is 26.2 Å². The van der Waals surface area contributed by atoms with E-state index in [-0.39, 0.29) is 5.73 Å². The predicted octanol–water partition coefficient (Wildman–Crippen LogP) is 1.41. The smallest absolute Gasteiger partial charge is 0.330 e. The molecule has 0 radical (unpaired) electrons. The van der Waals surface area contributed by atoms with Crippen molar-refractivity contribution >= 4 is 27.4 Å². The Bertz CT molecular complexity index is 207. The first-order valence-electron chi connectivity index (χ1n) is 6.18. The summed E-state index contributed by atoms with van der Waals surface area (Å²) in [6.45, 7) is 11.2. The first-order chi connectivity index (χ1) is 7.63. The predicted molar refractivity (Wildman–Crippen MR) is 75.0 cm³/mol. The maximum Gasteiger partial charge on any atom is 0.330 e. The highest BCUT2D eigenvalue weighted by molar-refractivity contribution is 6.70. The van der Waals surface area contributed by atoms with Crippen molar-refractivity contribution in [3.8, 4) is 0 Å². The molecule has 6 heteroatoms. The van der Waals surface area contributed by atoms with Gasteiger partial charge in [0.05, 0.1) is 5.73 Å². The summed E-state index contributed by atoms with van der Waals surface area (Å²) in [5.74, 6) is 0. The minimum atomic E-state index is -1.62. The highest BCUT2D eigenvalue weighted by Crippen LogP contribution is 2.17. The van der Waals surface area contributed by atoms with Gasteiger partial charge in [0, 0.05) is 6.61 Å². The van der Waals surface area contributed by atoms with Crippen molar-refractivity contribution in [2.24, 2.45) is 0 Å². The molecule has 1 heterocycles. The van der Waals surface area contributed by atoms with Gasteiger partial charge in [0.2, 0.25) is 0 Å². The van der Waals surface area contributed by atoms with Crippen LogP contribution in [0, 0.1) is 0 Å². The molecule has 0 aromatic rings. The molecule has 1 aliphatic rings. The van der Waals surface area contributed by atoms with Gasteiger partial charge in [0.1, 0.15) is 0 Å². The van der Waals surface area contributed by atoms with E-state index in [1.165, 1.54) is 12.8 Å². The van der Waals surface area contributed by atoms with Gasteiger partial charge in [-0.05, 0) is 38.9 Å². The monoisotopic (exact) mass is 276 g/mol. The minimum absolute atomic E-state index is 0.276. The molecule has 1 fully saturated rings. The Morgan fingerprint density at radius 1 is 1.25 bits per heavy atom. The fourth-order valence-corrected chi connectivity index (χ4v) is 9.04. The molecule has 3 atom stereocenters. The Labute approximate surface area is 104 Å². The third-order valence-electron chi connectivity index (χ3n) is 2.61. The van der Waals surface area contributed by atoms with Crippen LogP contribution in [-0.4, -0.2) is 39.7 Å². The van der Waals surface area contributed by atoms with Gasteiger partial charge in [-0.3, -0.25) is 0 Å². The second-order valence-corrected chi connectivity index (χ2v) is 12.2. The molecule has 0 N–H and O–H groups in total. The van der Waals surface area contributed by atoms with E-state index in [9.17, 15) is 0 Å². The minimum Gasteiger partial charge on any atom is -0.440 e. The molecular formula is C10H24O3Si3. The van der Waals surface area contributed by atoms with Crippen LogP contribution in [0.4, 0.5) is 0 Å². The van der Waals surface area contributed by atoms with E-state index in [0.29, 0.717) is 0 Å². The van der Waals surface area contributed by atoms with Gasteiger partial charge >= 0.3 is 9.28 Å². The molecule has 0 aliphatic carbocycles. The zero-order valence-electron chi connectivity index (χ0n) is 10.6. The average molecular weight is 277 g/mol. The van der Waals surface area contributed by atoms with E-state index in [1.807, 2.05) is 5.70 Å². The lowest BCUT2D eigenvalue weighted by Gasteiger charge is -2.31. The SMILES string of the molecule is C=C[SiH](C)O[SiH](O[SiH](C)C)C1CCCCO1. The summed E-state index contributed by atoms with van der Waals surface area (Å²) in [6, 6.07) is 0. The van der Waals surface area contributed by atoms with Gasteiger partial charge in [-0.1, -0.05) is 5.70 Å². The Morgan fingerprint density at radius 3 is 2.50 bits per heavy atom. The first kappa shape index (κ1) is 14.3. The average Bonchev–Trinajstić information content (AvgIpc) is 2.28. The summed E-state index contributed by atoms with van der Waals surface area (Å²) in [5, 5.41) is 0. The highest BCUT2D eigenvalue weighted by Gasteiger charge is 2.30. The van der Waals surface area contributed by atoms with Crippen LogP contribution in [0.3, 0.4) is 0 Å². The summed E-state index contributed by atoms with van der Waals surface area (Å²) in [5.41, 5.74) is 2.24. The quantitative estimate of drug-likeness (QED) is 0.687. The van der Waals surface area contributed by atoms with E-state index >= 15 is 0 Å². The third-order valence-corrected chi connectivity index (χ3v) is 10.4. The van der Waals surface area contributed by atoms with E-state index in [1.54, 1.807) is 0 Å². The molecule has 0 amide bonds. The Morgan fingerprint density at radius 2 is 2.00 bits per heavy atom. The largest absolute Gasteiger partial charge is 0.440 e. The Balaban J connectivity index is 2.50. The fourth-order valence-electron chi connectivity index (χ4n) is 1.72. The van der Waals surface area contributed by atoms with Gasteiger partial charge in [-0.15, -0.1) is 6.58 Å². The number of rotatable bonds is 6. The standard InChI is InChI=1S/C10H24O3Si3/c1-5-15(4)13-16(12-14(2)3)10-8-6-7-9-11-10/h5,10,14-16H,1,6-9H2,2-4H3. The van der Waals surface area contributed by atoms with Crippen molar-refractivity contribution in [2.75, 3.05) is 6.61 Å². The second kappa shape index (κ2) is 7.57. The maximum absolute atomic E-state index is 6.10. The summed E-state index contributed by atoms with van der Waals surface area (Å²) in [4.78, 5) is 0. The van der Waals surface area contributed by atoms with E-state index in [4.69, 9.17) is 13.0 Å². The molecule has 3 nitrogen and oxygen atoms in total. The van der Waals surface area contributed by atoms with Crippen molar-refractivity contribution in [1.29, 1.82) is 0 Å². The summed E-state index contributed by atoms with van der Waals surface area (Å²) in [7, 11) is -3.87. The number of hydrogen-bond donors (Lipinski definition) is 0. The first-order valence-corrected chi connectivity index (χ1v) is 12.9. The van der Waals surface area contributed by atoms with Crippen molar-refractivity contribution in [2.45, 2.75) is 44.6 Å². The molecule has 3 unspecified atom stereocenters. The molecule has 0 aromatic carbocycles. The topological polar surface area (TPSA) is 27.7 Å². The molecule has 0 saturated carbocycles. The molecule has 1 rings (SSSR count). The molecule has 0 bridgehead atoms. The maximum atomic E-state index is 6.10. The number of ether oxygens (including phenoxy) is 1. The zero-order valence-corrected chi connectivity index (χ0v) is 14.1. The van der Waals surface area contributed by atoms with Crippen molar-refractivity contribution in [3.63, 3.8) is 0 Å². The third kappa shape index (κ3) is 5.07. The van der Waals surface area contributed by atoms with Crippen LogP contribution in [0.5, 0.6) is 0 Å². The van der Waals surface area contributed by atoms with E-state index in [0.717, 1.165) is 13.0 Å². The number of hydrogen-bond acceptors (Lipinski definition) is 3. The van der Waals surface area contributed by atoms with Gasteiger partial charge in [-0.2, -0.15) is 0 Å². The van der Waals surface area contributed by atoms with Gasteiger partial charge in [0.15, 0.2) is 18.1 Å². The van der Waals surface area contributed by atoms with Crippen LogP contribution in [0.2, 0.25) is 19.6 Å². The normalized spacial score (nSPS) is 25.4. The van der Waals surface area contributed by atoms with Crippen LogP contribution in [0.1, 0.15) is 19.3 Å². The molecule has 1 saturated heterocycles. The van der Waals surface area contributed by atoms with Crippen LogP contribution < -0.4 is 0 Å². The molecule has 1 aliphatic heterocycles. The molecular weight excluding hydrogens is 252 g/mol. The van der Waals surface area contributed by atoms with Crippen molar-refractivity contribution < 1.29 is 13.0 Å². The summed E-state index contributed by atoms with van der Waals surface area (Å²) < 4.78 is 18.0. The Hall–Kier alpha value is 0.271. The van der Waals surface area contributed by atoms with Crippen LogP contribution in [0.25, 0.3) is 0 Å². The van der Waals surface area contributed by atoms with E-state index < -0.39 is 27.4 Å². The molecule has 16 heavy (non-hydrogen) atoms. The molecule has 0 aromatic heterocycles. The van der Waals surface area contributed by atoms with Gasteiger partial charge in [-0.25, -0.2) is 0 Å². The van der Waals surface area contributed by atoms with Crippen LogP contribution >= 0.6 is 0 Å². The zero-order chi connectivity index (χ0) is 12.0. The highest BCUT2D eigenvalue weighted by atomic mass is 28.4. The van der Waals surface area contributed by atoms with Crippen LogP contribution in [-0.2, 0) is 13.0 Å². The van der Waals surface area contributed by atoms with Gasteiger partial charge in [0.25, 0.3) is 0 Å². The second-order valence-electron chi connectivity index (χ2n) is 4.54. The summed E-state index contributed by atoms with van der Waals surface area (Å²) in [6.07, 6.45) is 3.56. The summed E-state index contributed by atoms with van der Waals surface area (Å²) >= 11 is 0. The van der Waals surface area contributed by atoms with Gasteiger partial charge < -0.3 is 13.0 Å². The molecule has 94 valence electrons. The fraction of sp³-hybridized carbons (Fsp3) is 0.800.